The molecule has 0 bridgehead atoms. The number of rotatable bonds is 4. The van der Waals surface area contributed by atoms with E-state index in [4.69, 9.17) is 10.5 Å². The molecule has 0 radical (unpaired) electrons. The second kappa shape index (κ2) is 6.66. The first kappa shape index (κ1) is 16.9. The van der Waals surface area contributed by atoms with Gasteiger partial charge in [-0.3, -0.25) is 9.69 Å². The third-order valence-corrected chi connectivity index (χ3v) is 5.76. The molecule has 0 unspecified atom stereocenters. The van der Waals surface area contributed by atoms with Crippen molar-refractivity contribution >= 4 is 5.91 Å². The molecule has 2 saturated heterocycles. The molecule has 0 aromatic carbocycles. The highest BCUT2D eigenvalue weighted by Crippen LogP contribution is 2.36. The Labute approximate surface area is 148 Å². The molecule has 2 N–H and O–H groups in total. The van der Waals surface area contributed by atoms with E-state index in [2.05, 4.69) is 19.7 Å². The van der Waals surface area contributed by atoms with E-state index < -0.39 is 5.54 Å². The van der Waals surface area contributed by atoms with Gasteiger partial charge in [0.15, 0.2) is 0 Å². The Kier molecular flexibility index (Phi) is 4.51. The summed E-state index contributed by atoms with van der Waals surface area (Å²) in [5.74, 6) is 2.34. The molecule has 1 aromatic heterocycles. The Morgan fingerprint density at radius 2 is 2.04 bits per heavy atom. The zero-order valence-electron chi connectivity index (χ0n) is 15.0. The molecule has 1 aliphatic carbocycles. The summed E-state index contributed by atoms with van der Waals surface area (Å²) in [7, 11) is 2.04. The minimum absolute atomic E-state index is 0.118. The minimum Gasteiger partial charge on any atom is -0.379 e. The van der Waals surface area contributed by atoms with Crippen LogP contribution in [0.4, 0.5) is 0 Å². The third kappa shape index (κ3) is 3.43. The quantitative estimate of drug-likeness (QED) is 0.814. The van der Waals surface area contributed by atoms with E-state index in [9.17, 15) is 4.79 Å². The molecule has 1 amide bonds. The van der Waals surface area contributed by atoms with Gasteiger partial charge in [-0.15, -0.1) is 10.2 Å². The fraction of sp³-hybridized carbons (Fsp3) is 0.824. The predicted octanol–water partition coefficient (Wildman–Crippen LogP) is -0.155. The van der Waals surface area contributed by atoms with Crippen LogP contribution >= 0.6 is 0 Å². The zero-order valence-corrected chi connectivity index (χ0v) is 15.0. The van der Waals surface area contributed by atoms with E-state index in [1.54, 1.807) is 0 Å². The van der Waals surface area contributed by atoms with Crippen molar-refractivity contribution < 1.29 is 9.53 Å². The lowest BCUT2D eigenvalue weighted by molar-refractivity contribution is -0.134. The van der Waals surface area contributed by atoms with Gasteiger partial charge < -0.3 is 19.9 Å². The van der Waals surface area contributed by atoms with Crippen molar-refractivity contribution in [1.29, 1.82) is 0 Å². The molecule has 1 saturated carbocycles. The Morgan fingerprint density at radius 1 is 1.28 bits per heavy atom. The van der Waals surface area contributed by atoms with Crippen LogP contribution in [-0.2, 0) is 23.1 Å². The summed E-state index contributed by atoms with van der Waals surface area (Å²) >= 11 is 0. The number of piperidine rings is 1. The second-order valence-electron chi connectivity index (χ2n) is 7.67. The first-order valence-corrected chi connectivity index (χ1v) is 9.33. The maximum Gasteiger partial charge on any atom is 0.242 e. The average Bonchev–Trinajstić information content (AvgIpc) is 3.30. The molecule has 8 heteroatoms. The maximum atomic E-state index is 12.6. The number of ether oxygens (including phenoxy) is 1. The van der Waals surface area contributed by atoms with Crippen LogP contribution in [0.15, 0.2) is 0 Å². The lowest BCUT2D eigenvalue weighted by Crippen LogP contribution is -2.49. The predicted molar refractivity (Wildman–Crippen MR) is 91.8 cm³/mol. The van der Waals surface area contributed by atoms with E-state index >= 15 is 0 Å². The summed E-state index contributed by atoms with van der Waals surface area (Å²) in [6.45, 7) is 5.76. The fourth-order valence-corrected chi connectivity index (χ4v) is 3.86. The van der Waals surface area contributed by atoms with Crippen molar-refractivity contribution in [3.63, 3.8) is 0 Å². The largest absolute Gasteiger partial charge is 0.379 e. The summed E-state index contributed by atoms with van der Waals surface area (Å²) in [4.78, 5) is 16.8. The number of carbonyl (C=O) groups is 1. The van der Waals surface area contributed by atoms with Crippen molar-refractivity contribution in [1.82, 2.24) is 24.6 Å². The Bertz CT molecular complexity index is 635. The summed E-state index contributed by atoms with van der Waals surface area (Å²) < 4.78 is 7.52. The van der Waals surface area contributed by atoms with Gasteiger partial charge in [0.2, 0.25) is 5.91 Å². The van der Waals surface area contributed by atoms with E-state index in [0.717, 1.165) is 76.7 Å². The first-order valence-electron chi connectivity index (χ1n) is 9.33. The molecule has 4 rings (SSSR count). The van der Waals surface area contributed by atoms with Crippen molar-refractivity contribution in [3.05, 3.63) is 11.6 Å². The SMILES string of the molecule is Cn1c(CN2CCOCC2)nnc1[C@H]1CCCN(C(=O)C2(N)CC2)C1. The number of nitrogens with zero attached hydrogens (tertiary/aromatic N) is 5. The molecular weight excluding hydrogens is 320 g/mol. The molecule has 3 aliphatic rings. The standard InChI is InChI=1S/C17H28N6O2/c1-21-14(12-22-7-9-25-10-8-22)19-20-15(21)13-3-2-6-23(11-13)16(24)17(18)4-5-17/h13H,2-12,18H2,1H3/t13-/m0/s1. The first-order chi connectivity index (χ1) is 12.1. The highest BCUT2D eigenvalue weighted by molar-refractivity contribution is 5.89. The Hall–Kier alpha value is -1.51. The van der Waals surface area contributed by atoms with Crippen LogP contribution in [-0.4, -0.2) is 75.4 Å². The number of morpholine rings is 1. The van der Waals surface area contributed by atoms with Crippen LogP contribution in [0.5, 0.6) is 0 Å². The number of hydrogen-bond acceptors (Lipinski definition) is 6. The van der Waals surface area contributed by atoms with Crippen molar-refractivity contribution in [3.8, 4) is 0 Å². The van der Waals surface area contributed by atoms with Crippen molar-refractivity contribution in [2.24, 2.45) is 12.8 Å². The number of aromatic nitrogens is 3. The fourth-order valence-electron chi connectivity index (χ4n) is 3.86. The molecule has 1 atom stereocenters. The van der Waals surface area contributed by atoms with Crippen LogP contribution in [0.3, 0.4) is 0 Å². The van der Waals surface area contributed by atoms with Gasteiger partial charge >= 0.3 is 0 Å². The molecule has 3 fully saturated rings. The monoisotopic (exact) mass is 348 g/mol. The van der Waals surface area contributed by atoms with Crippen molar-refractivity contribution in [2.45, 2.75) is 43.7 Å². The van der Waals surface area contributed by atoms with Crippen LogP contribution in [0.2, 0.25) is 0 Å². The highest BCUT2D eigenvalue weighted by atomic mass is 16.5. The number of nitrogens with two attached hydrogens (primary N) is 1. The number of hydrogen-bond donors (Lipinski definition) is 1. The van der Waals surface area contributed by atoms with Gasteiger partial charge in [-0.2, -0.15) is 0 Å². The van der Waals surface area contributed by atoms with Crippen LogP contribution in [0.1, 0.15) is 43.3 Å². The minimum atomic E-state index is -0.580. The summed E-state index contributed by atoms with van der Waals surface area (Å²) in [6, 6.07) is 0. The molecule has 25 heavy (non-hydrogen) atoms. The maximum absolute atomic E-state index is 12.6. The normalized spacial score (nSPS) is 26.6. The zero-order chi connectivity index (χ0) is 17.4. The second-order valence-corrected chi connectivity index (χ2v) is 7.67. The molecule has 0 spiro atoms. The molecule has 138 valence electrons. The molecular formula is C17H28N6O2. The summed E-state index contributed by atoms with van der Waals surface area (Å²) in [6.07, 6.45) is 3.68. The summed E-state index contributed by atoms with van der Waals surface area (Å²) in [5.41, 5.74) is 5.52. The van der Waals surface area contributed by atoms with E-state index in [-0.39, 0.29) is 11.8 Å². The highest BCUT2D eigenvalue weighted by Gasteiger charge is 2.48. The number of carbonyl (C=O) groups excluding carboxylic acids is 1. The van der Waals surface area contributed by atoms with Gasteiger partial charge in [-0.1, -0.05) is 0 Å². The Morgan fingerprint density at radius 3 is 2.76 bits per heavy atom. The smallest absolute Gasteiger partial charge is 0.242 e. The van der Waals surface area contributed by atoms with E-state index in [1.807, 2.05) is 11.9 Å². The van der Waals surface area contributed by atoms with E-state index in [1.165, 1.54) is 0 Å². The molecule has 8 nitrogen and oxygen atoms in total. The van der Waals surface area contributed by atoms with Crippen molar-refractivity contribution in [2.75, 3.05) is 39.4 Å². The number of amides is 1. The van der Waals surface area contributed by atoms with Crippen LogP contribution in [0.25, 0.3) is 0 Å². The van der Waals surface area contributed by atoms with Crippen LogP contribution < -0.4 is 5.73 Å². The average molecular weight is 348 g/mol. The van der Waals surface area contributed by atoms with Gasteiger partial charge in [-0.25, -0.2) is 0 Å². The van der Waals surface area contributed by atoms with Gasteiger partial charge in [0.05, 0.1) is 25.3 Å². The molecule has 1 aromatic rings. The van der Waals surface area contributed by atoms with Crippen LogP contribution in [0, 0.1) is 0 Å². The molecule has 3 heterocycles. The summed E-state index contributed by atoms with van der Waals surface area (Å²) in [5, 5.41) is 8.88. The number of likely N-dealkylation sites (tertiary alicyclic amines) is 1. The van der Waals surface area contributed by atoms with Gasteiger partial charge in [-0.05, 0) is 25.7 Å². The molecule has 2 aliphatic heterocycles. The third-order valence-electron chi connectivity index (χ3n) is 5.76. The van der Waals surface area contributed by atoms with Gasteiger partial charge in [0.1, 0.15) is 11.6 Å². The van der Waals surface area contributed by atoms with Gasteiger partial charge in [0, 0.05) is 39.1 Å². The lowest BCUT2D eigenvalue weighted by atomic mass is 9.96. The lowest BCUT2D eigenvalue weighted by Gasteiger charge is -2.34. The topological polar surface area (TPSA) is 89.5 Å². The van der Waals surface area contributed by atoms with Gasteiger partial charge in [0.25, 0.3) is 0 Å². The van der Waals surface area contributed by atoms with E-state index in [0.29, 0.717) is 6.54 Å². The Balaban J connectivity index is 1.43.